The second-order valence-electron chi connectivity index (χ2n) is 5.03. The Morgan fingerprint density at radius 1 is 1.65 bits per heavy atom. The largest absolute Gasteiger partial charge is 0.343 e. The van der Waals surface area contributed by atoms with Crippen LogP contribution in [0.2, 0.25) is 0 Å². The molecule has 17 heavy (non-hydrogen) atoms. The van der Waals surface area contributed by atoms with Gasteiger partial charge < -0.3 is 9.84 Å². The average molecular weight is 238 g/mol. The van der Waals surface area contributed by atoms with Crippen LogP contribution in [0.25, 0.3) is 0 Å². The van der Waals surface area contributed by atoms with E-state index in [9.17, 15) is 0 Å². The maximum atomic E-state index is 4.78. The molecule has 1 aliphatic heterocycles. The predicted octanol–water partition coefficient (Wildman–Crippen LogP) is 1.28. The lowest BCUT2D eigenvalue weighted by Crippen LogP contribution is -2.57. The molecule has 2 rings (SSSR count). The van der Waals surface area contributed by atoms with Gasteiger partial charge in [-0.05, 0) is 12.8 Å². The zero-order valence-corrected chi connectivity index (χ0v) is 10.9. The van der Waals surface area contributed by atoms with Gasteiger partial charge in [0.2, 0.25) is 6.39 Å². The van der Waals surface area contributed by atoms with E-state index < -0.39 is 0 Å². The average Bonchev–Trinajstić information content (AvgIpc) is 2.84. The molecule has 5 heteroatoms. The Balaban J connectivity index is 1.95. The van der Waals surface area contributed by atoms with E-state index in [2.05, 4.69) is 41.1 Å². The van der Waals surface area contributed by atoms with Gasteiger partial charge in [-0.1, -0.05) is 25.4 Å². The molecule has 1 aromatic heterocycles. The molecular formula is C12H22N4O. The van der Waals surface area contributed by atoms with Crippen molar-refractivity contribution in [1.29, 1.82) is 0 Å². The molecule has 0 aliphatic carbocycles. The van der Waals surface area contributed by atoms with E-state index >= 15 is 0 Å². The quantitative estimate of drug-likeness (QED) is 0.856. The first-order valence-electron chi connectivity index (χ1n) is 6.43. The third kappa shape index (κ3) is 3.04. The van der Waals surface area contributed by atoms with Crippen molar-refractivity contribution in [3.05, 3.63) is 12.2 Å². The Kier molecular flexibility index (Phi) is 4.12. The van der Waals surface area contributed by atoms with Gasteiger partial charge in [-0.25, -0.2) is 0 Å². The number of nitrogens with zero attached hydrogens (tertiary/aromatic N) is 3. The number of rotatable bonds is 4. The molecule has 1 fully saturated rings. The number of piperazine rings is 1. The van der Waals surface area contributed by atoms with Gasteiger partial charge in [0.25, 0.3) is 0 Å². The Bertz CT molecular complexity index is 327. The highest BCUT2D eigenvalue weighted by atomic mass is 16.5. The lowest BCUT2D eigenvalue weighted by Gasteiger charge is -2.40. The van der Waals surface area contributed by atoms with Crippen LogP contribution in [-0.4, -0.2) is 40.2 Å². The van der Waals surface area contributed by atoms with Gasteiger partial charge in [0.15, 0.2) is 5.82 Å². The lowest BCUT2D eigenvalue weighted by atomic mass is 9.96. The first kappa shape index (κ1) is 12.5. The second-order valence-corrected chi connectivity index (χ2v) is 5.03. The molecule has 2 heterocycles. The van der Waals surface area contributed by atoms with E-state index in [-0.39, 0.29) is 0 Å². The summed E-state index contributed by atoms with van der Waals surface area (Å²) in [6.07, 6.45) is 2.61. The van der Waals surface area contributed by atoms with Crippen LogP contribution in [0.5, 0.6) is 0 Å². The molecule has 3 unspecified atom stereocenters. The molecule has 96 valence electrons. The molecule has 0 aromatic carbocycles. The van der Waals surface area contributed by atoms with E-state index in [0.29, 0.717) is 18.0 Å². The summed E-state index contributed by atoms with van der Waals surface area (Å²) in [5, 5.41) is 7.51. The minimum Gasteiger partial charge on any atom is -0.343 e. The minimum atomic E-state index is 0.522. The summed E-state index contributed by atoms with van der Waals surface area (Å²) in [5.41, 5.74) is 0. The Morgan fingerprint density at radius 2 is 2.47 bits per heavy atom. The van der Waals surface area contributed by atoms with Crippen LogP contribution in [-0.2, 0) is 6.54 Å². The maximum absolute atomic E-state index is 4.78. The second kappa shape index (κ2) is 5.60. The SMILES string of the molecule is CCC(C)C1CN(Cc2ncon2)C(C)CN1. The van der Waals surface area contributed by atoms with Gasteiger partial charge in [-0.2, -0.15) is 4.98 Å². The van der Waals surface area contributed by atoms with Gasteiger partial charge in [0.05, 0.1) is 6.54 Å². The van der Waals surface area contributed by atoms with Crippen LogP contribution in [0.4, 0.5) is 0 Å². The highest BCUT2D eigenvalue weighted by molar-refractivity contribution is 4.89. The van der Waals surface area contributed by atoms with Crippen molar-refractivity contribution in [1.82, 2.24) is 20.4 Å². The molecule has 0 saturated carbocycles. The number of aromatic nitrogens is 2. The number of nitrogens with one attached hydrogen (secondary N) is 1. The summed E-state index contributed by atoms with van der Waals surface area (Å²) in [4.78, 5) is 6.52. The zero-order valence-electron chi connectivity index (χ0n) is 10.9. The maximum Gasteiger partial charge on any atom is 0.213 e. The van der Waals surface area contributed by atoms with Gasteiger partial charge in [0, 0.05) is 25.2 Å². The van der Waals surface area contributed by atoms with Crippen molar-refractivity contribution >= 4 is 0 Å². The summed E-state index contributed by atoms with van der Waals surface area (Å²) in [5.74, 6) is 1.48. The summed E-state index contributed by atoms with van der Waals surface area (Å²) in [7, 11) is 0. The molecule has 1 aromatic rings. The molecule has 1 aliphatic rings. The van der Waals surface area contributed by atoms with E-state index in [1.165, 1.54) is 12.8 Å². The van der Waals surface area contributed by atoms with Crippen molar-refractivity contribution in [3.63, 3.8) is 0 Å². The van der Waals surface area contributed by atoms with Crippen molar-refractivity contribution < 1.29 is 4.52 Å². The standard InChI is InChI=1S/C12H22N4O/c1-4-9(2)11-6-16(10(3)5-13-11)7-12-14-8-17-15-12/h8-11,13H,4-7H2,1-3H3. The normalized spacial score (nSPS) is 28.2. The first-order chi connectivity index (χ1) is 8.20. The van der Waals surface area contributed by atoms with Crippen molar-refractivity contribution in [2.45, 2.75) is 45.8 Å². The highest BCUT2D eigenvalue weighted by Crippen LogP contribution is 2.16. The highest BCUT2D eigenvalue weighted by Gasteiger charge is 2.28. The van der Waals surface area contributed by atoms with Crippen LogP contribution < -0.4 is 5.32 Å². The molecule has 0 spiro atoms. The van der Waals surface area contributed by atoms with E-state index in [1.807, 2.05) is 0 Å². The molecule has 0 radical (unpaired) electrons. The van der Waals surface area contributed by atoms with Crippen molar-refractivity contribution in [2.75, 3.05) is 13.1 Å². The van der Waals surface area contributed by atoms with Crippen LogP contribution in [0.15, 0.2) is 10.9 Å². The van der Waals surface area contributed by atoms with Crippen molar-refractivity contribution in [2.24, 2.45) is 5.92 Å². The summed E-state index contributed by atoms with van der Waals surface area (Å²) >= 11 is 0. The summed E-state index contributed by atoms with van der Waals surface area (Å²) in [6, 6.07) is 1.09. The molecule has 1 saturated heterocycles. The van der Waals surface area contributed by atoms with Gasteiger partial charge in [-0.3, -0.25) is 4.90 Å². The monoisotopic (exact) mass is 238 g/mol. The topological polar surface area (TPSA) is 54.2 Å². The van der Waals surface area contributed by atoms with Crippen LogP contribution in [0, 0.1) is 5.92 Å². The van der Waals surface area contributed by atoms with E-state index in [4.69, 9.17) is 4.52 Å². The van der Waals surface area contributed by atoms with Crippen LogP contribution in [0.1, 0.15) is 33.0 Å². The number of hydrogen-bond acceptors (Lipinski definition) is 5. The number of hydrogen-bond donors (Lipinski definition) is 1. The molecule has 3 atom stereocenters. The Hall–Kier alpha value is -0.940. The molecule has 0 amide bonds. The summed E-state index contributed by atoms with van der Waals surface area (Å²) < 4.78 is 4.78. The Morgan fingerprint density at radius 3 is 3.12 bits per heavy atom. The lowest BCUT2D eigenvalue weighted by molar-refractivity contribution is 0.108. The van der Waals surface area contributed by atoms with Crippen LogP contribution >= 0.6 is 0 Å². The molecule has 1 N–H and O–H groups in total. The third-order valence-electron chi connectivity index (χ3n) is 3.81. The van der Waals surface area contributed by atoms with Crippen molar-refractivity contribution in [3.8, 4) is 0 Å². The minimum absolute atomic E-state index is 0.522. The molecule has 5 nitrogen and oxygen atoms in total. The van der Waals surface area contributed by atoms with E-state index in [1.54, 1.807) is 0 Å². The third-order valence-corrected chi connectivity index (χ3v) is 3.81. The van der Waals surface area contributed by atoms with E-state index in [0.717, 1.165) is 25.5 Å². The fraction of sp³-hybridized carbons (Fsp3) is 0.833. The first-order valence-corrected chi connectivity index (χ1v) is 6.43. The molecular weight excluding hydrogens is 216 g/mol. The zero-order chi connectivity index (χ0) is 12.3. The van der Waals surface area contributed by atoms with Gasteiger partial charge in [0.1, 0.15) is 0 Å². The molecule has 0 bridgehead atoms. The predicted molar refractivity (Wildman–Crippen MR) is 65.4 cm³/mol. The summed E-state index contributed by atoms with van der Waals surface area (Å²) in [6.45, 7) is 9.66. The van der Waals surface area contributed by atoms with Gasteiger partial charge >= 0.3 is 0 Å². The Labute approximate surface area is 103 Å². The van der Waals surface area contributed by atoms with Gasteiger partial charge in [-0.15, -0.1) is 0 Å². The fourth-order valence-electron chi connectivity index (χ4n) is 2.28. The fourth-order valence-corrected chi connectivity index (χ4v) is 2.28. The van der Waals surface area contributed by atoms with Crippen LogP contribution in [0.3, 0.4) is 0 Å². The smallest absolute Gasteiger partial charge is 0.213 e.